The lowest BCUT2D eigenvalue weighted by Gasteiger charge is -2.39. The van der Waals surface area contributed by atoms with Gasteiger partial charge in [-0.3, -0.25) is 0 Å². The van der Waals surface area contributed by atoms with Gasteiger partial charge in [0.1, 0.15) is 0 Å². The summed E-state index contributed by atoms with van der Waals surface area (Å²) in [6.45, 7) is 10.7. The van der Waals surface area contributed by atoms with Crippen LogP contribution in [0, 0.1) is 5.39 Å². The summed E-state index contributed by atoms with van der Waals surface area (Å²) in [5.74, 6) is -1.22. The fourth-order valence-electron chi connectivity index (χ4n) is 2.39. The number of benzene rings is 1. The van der Waals surface area contributed by atoms with E-state index in [0.717, 1.165) is 6.42 Å². The van der Waals surface area contributed by atoms with Gasteiger partial charge in [0.05, 0.1) is 13.2 Å². The van der Waals surface area contributed by atoms with Gasteiger partial charge in [-0.1, -0.05) is 51.1 Å². The number of hydrogen-bond acceptors (Lipinski definition) is 5. The molecular weight excluding hydrogens is 360 g/mol. The highest BCUT2D eigenvalue weighted by Gasteiger charge is 2.40. The number of diazo groups is 1. The van der Waals surface area contributed by atoms with E-state index in [2.05, 4.69) is 43.6 Å². The monoisotopic (exact) mass is 391 g/mol. The quantitative estimate of drug-likeness (QED) is 0.217. The predicted octanol–water partition coefficient (Wildman–Crippen LogP) is 5.20. The Hall–Kier alpha value is -2.17. The first-order chi connectivity index (χ1) is 12.5. The number of hydrogen-bond donors (Lipinski definition) is 1. The van der Waals surface area contributed by atoms with Gasteiger partial charge in [0.15, 0.2) is 19.1 Å². The molecule has 1 unspecified atom stereocenters. The fourth-order valence-corrected chi connectivity index (χ4v) is 3.78. The summed E-state index contributed by atoms with van der Waals surface area (Å²) in [5, 5.41) is 19.4. The van der Waals surface area contributed by atoms with Gasteiger partial charge in [0.25, 0.3) is 0 Å². The number of rotatable bonds is 8. The van der Waals surface area contributed by atoms with E-state index < -0.39 is 20.0 Å². The van der Waals surface area contributed by atoms with Gasteiger partial charge >= 0.3 is 11.7 Å². The van der Waals surface area contributed by atoms with Crippen molar-refractivity contribution in [1.82, 2.24) is 0 Å². The van der Waals surface area contributed by atoms with Gasteiger partial charge in [-0.2, -0.15) is 0 Å². The normalized spacial score (nSPS) is 14.1. The summed E-state index contributed by atoms with van der Waals surface area (Å²) < 4.78 is 11.0. The van der Waals surface area contributed by atoms with E-state index in [1.54, 1.807) is 0 Å². The zero-order chi connectivity index (χ0) is 20.7. The molecule has 0 fully saturated rings. The van der Waals surface area contributed by atoms with E-state index >= 15 is 0 Å². The molecular formula is C20H31N2O4Si+. The molecule has 0 spiro atoms. The largest absolute Gasteiger partial charge is 0.505 e. The Labute approximate surface area is 162 Å². The number of carbonyl (C=O) groups excluding carboxylic acids is 1. The number of ether oxygens (including phenoxy) is 1. The maximum Gasteiger partial charge on any atom is 0.505 e. The summed E-state index contributed by atoms with van der Waals surface area (Å²) in [5.41, 5.74) is 0.686. The summed E-state index contributed by atoms with van der Waals surface area (Å²) in [7, 11) is -0.930. The second-order valence-corrected chi connectivity index (χ2v) is 12.9. The van der Waals surface area contributed by atoms with Crippen LogP contribution >= 0.6 is 0 Å². The minimum Gasteiger partial charge on any atom is -0.505 e. The summed E-state index contributed by atoms with van der Waals surface area (Å²) in [4.78, 5) is 14.6. The second-order valence-electron chi connectivity index (χ2n) is 8.12. The molecule has 1 atom stereocenters. The van der Waals surface area contributed by atoms with E-state index in [-0.39, 0.29) is 23.3 Å². The van der Waals surface area contributed by atoms with Crippen LogP contribution < -0.4 is 0 Å². The van der Waals surface area contributed by atoms with Crippen molar-refractivity contribution in [2.45, 2.75) is 64.3 Å². The third kappa shape index (κ3) is 6.81. The first-order valence-corrected chi connectivity index (χ1v) is 12.0. The number of aryl methyl sites for hydroxylation is 1. The van der Waals surface area contributed by atoms with Crippen molar-refractivity contribution in [3.8, 4) is 0 Å². The molecule has 1 aromatic carbocycles. The molecule has 7 heteroatoms. The zero-order valence-corrected chi connectivity index (χ0v) is 18.2. The van der Waals surface area contributed by atoms with Crippen molar-refractivity contribution in [2.75, 3.05) is 7.11 Å². The highest BCUT2D eigenvalue weighted by Crippen LogP contribution is 2.38. The highest BCUT2D eigenvalue weighted by atomic mass is 28.4. The molecule has 1 aromatic rings. The number of aliphatic hydroxyl groups excluding tert-OH is 1. The number of esters is 1. The van der Waals surface area contributed by atoms with E-state index in [4.69, 9.17) is 9.82 Å². The van der Waals surface area contributed by atoms with Crippen LogP contribution in [0.1, 0.15) is 39.2 Å². The van der Waals surface area contributed by atoms with Crippen LogP contribution in [0.3, 0.4) is 0 Å². The van der Waals surface area contributed by atoms with E-state index in [0.29, 0.717) is 6.42 Å². The molecule has 0 aliphatic carbocycles. The maximum absolute atomic E-state index is 11.7. The number of nitrogens with zero attached hydrogens (tertiary/aromatic N) is 2. The fraction of sp³-hybridized carbons (Fsp3) is 0.550. The average molecular weight is 392 g/mol. The van der Waals surface area contributed by atoms with Crippen molar-refractivity contribution in [2.24, 2.45) is 0 Å². The molecule has 0 aliphatic heterocycles. The Kier molecular flexibility index (Phi) is 8.19. The lowest BCUT2D eigenvalue weighted by molar-refractivity contribution is -0.136. The molecule has 0 bridgehead atoms. The topological polar surface area (TPSA) is 83.9 Å². The lowest BCUT2D eigenvalue weighted by atomic mass is 10.0. The first kappa shape index (κ1) is 22.9. The second kappa shape index (κ2) is 9.67. The Morgan fingerprint density at radius 2 is 1.85 bits per heavy atom. The minimum absolute atomic E-state index is 0.00383. The molecule has 0 heterocycles. The Morgan fingerprint density at radius 1 is 1.26 bits per heavy atom. The average Bonchev–Trinajstić information content (AvgIpc) is 2.59. The molecule has 6 nitrogen and oxygen atoms in total. The SMILES string of the molecule is COC(=O)/C([N+]#N)=C(\O)CC(CCc1ccccc1)O[Si](C)(C)C(C)(C)C. The summed E-state index contributed by atoms with van der Waals surface area (Å²) in [6.07, 6.45) is 1.21. The standard InChI is InChI=1S/C20H30N2O4Si/c1-20(2,3)27(5,6)26-16(13-12-15-10-8-7-9-11-15)14-17(23)18(22-21)19(24)25-4/h7-11,16H,12-14H2,1-6H3/p+1. The molecule has 0 radical (unpaired) electrons. The van der Waals surface area contributed by atoms with Gasteiger partial charge in [-0.25, -0.2) is 4.79 Å². The van der Waals surface area contributed by atoms with Crippen LogP contribution in [0.2, 0.25) is 18.1 Å². The third-order valence-electron chi connectivity index (χ3n) is 5.04. The Morgan fingerprint density at radius 3 is 2.33 bits per heavy atom. The lowest BCUT2D eigenvalue weighted by Crippen LogP contribution is -2.44. The molecule has 148 valence electrons. The molecule has 0 aliphatic rings. The van der Waals surface area contributed by atoms with E-state index in [9.17, 15) is 9.90 Å². The van der Waals surface area contributed by atoms with Gasteiger partial charge in [0, 0.05) is 6.42 Å². The van der Waals surface area contributed by atoms with Crippen LogP contribution in [0.25, 0.3) is 4.98 Å². The first-order valence-electron chi connectivity index (χ1n) is 9.09. The van der Waals surface area contributed by atoms with E-state index in [1.165, 1.54) is 12.7 Å². The summed E-state index contributed by atoms with van der Waals surface area (Å²) >= 11 is 0. The van der Waals surface area contributed by atoms with E-state index in [1.807, 2.05) is 30.3 Å². The molecule has 0 aromatic heterocycles. The van der Waals surface area contributed by atoms with Crippen molar-refractivity contribution < 1.29 is 19.1 Å². The van der Waals surface area contributed by atoms with Crippen LogP contribution in [0.15, 0.2) is 41.8 Å². The molecule has 0 saturated heterocycles. The van der Waals surface area contributed by atoms with Crippen molar-refractivity contribution in [1.29, 1.82) is 5.39 Å². The minimum atomic E-state index is -2.10. The highest BCUT2D eigenvalue weighted by molar-refractivity contribution is 6.74. The predicted molar refractivity (Wildman–Crippen MR) is 108 cm³/mol. The summed E-state index contributed by atoms with van der Waals surface area (Å²) in [6, 6.07) is 10.0. The van der Waals surface area contributed by atoms with Gasteiger partial charge in [0.2, 0.25) is 5.39 Å². The molecule has 0 saturated carbocycles. The van der Waals surface area contributed by atoms with Gasteiger partial charge < -0.3 is 14.3 Å². The van der Waals surface area contributed by atoms with Crippen molar-refractivity contribution in [3.63, 3.8) is 0 Å². The molecule has 1 N–H and O–H groups in total. The van der Waals surface area contributed by atoms with Gasteiger partial charge in [-0.05, 0) is 36.5 Å². The molecule has 27 heavy (non-hydrogen) atoms. The number of methoxy groups -OCH3 is 1. The van der Waals surface area contributed by atoms with Crippen molar-refractivity contribution >= 4 is 14.3 Å². The van der Waals surface area contributed by atoms with Crippen LogP contribution in [-0.4, -0.2) is 32.6 Å². The third-order valence-corrected chi connectivity index (χ3v) is 9.57. The van der Waals surface area contributed by atoms with Crippen LogP contribution in [0.4, 0.5) is 0 Å². The number of aliphatic hydroxyl groups is 1. The van der Waals surface area contributed by atoms with Crippen molar-refractivity contribution in [3.05, 3.63) is 52.3 Å². The zero-order valence-electron chi connectivity index (χ0n) is 17.2. The van der Waals surface area contributed by atoms with Crippen LogP contribution in [-0.2, 0) is 20.4 Å². The molecule has 1 rings (SSSR count). The van der Waals surface area contributed by atoms with Crippen LogP contribution in [0.5, 0.6) is 0 Å². The maximum atomic E-state index is 11.7. The molecule has 0 amide bonds. The Bertz CT molecular complexity index is 703. The van der Waals surface area contributed by atoms with Gasteiger partial charge in [-0.15, -0.1) is 0 Å². The smallest absolute Gasteiger partial charge is 0.505 e. The Balaban J connectivity index is 3.04. The number of carbonyl (C=O) groups is 1.